The summed E-state index contributed by atoms with van der Waals surface area (Å²) in [7, 11) is 0. The van der Waals surface area contributed by atoms with Crippen molar-refractivity contribution in [2.24, 2.45) is 0 Å². The Hall–Kier alpha value is -1.26. The zero-order chi connectivity index (χ0) is 10.1. The molecule has 1 aliphatic rings. The molecule has 0 radical (unpaired) electrons. The van der Waals surface area contributed by atoms with Crippen molar-refractivity contribution in [3.05, 3.63) is 46.2 Å². The molecule has 0 saturated heterocycles. The van der Waals surface area contributed by atoms with Crippen LogP contribution < -0.4 is 5.32 Å². The molecule has 1 N–H and O–H groups in total. The highest BCUT2D eigenvalue weighted by molar-refractivity contribution is 7.09. The van der Waals surface area contributed by atoms with Crippen LogP contribution in [0, 0.1) is 0 Å². The summed E-state index contributed by atoms with van der Waals surface area (Å²) in [6.07, 6.45) is 4.72. The molecule has 0 bridgehead atoms. The molecule has 0 saturated carbocycles. The molecule has 1 atom stereocenters. The van der Waals surface area contributed by atoms with Gasteiger partial charge in [0.15, 0.2) is 0 Å². The quantitative estimate of drug-likeness (QED) is 0.791. The van der Waals surface area contributed by atoms with Crippen LogP contribution in [0.25, 0.3) is 0 Å². The van der Waals surface area contributed by atoms with E-state index < -0.39 is 0 Å². The van der Waals surface area contributed by atoms with Crippen LogP contribution >= 0.6 is 11.3 Å². The van der Waals surface area contributed by atoms with Crippen LogP contribution in [-0.4, -0.2) is 16.5 Å². The van der Waals surface area contributed by atoms with Crippen LogP contribution in [0.1, 0.15) is 22.2 Å². The lowest BCUT2D eigenvalue weighted by Crippen LogP contribution is -2.29. The highest BCUT2D eigenvalue weighted by atomic mass is 32.1. The van der Waals surface area contributed by atoms with E-state index in [-0.39, 0.29) is 0 Å². The van der Waals surface area contributed by atoms with Crippen LogP contribution in [0.4, 0.5) is 0 Å². The summed E-state index contributed by atoms with van der Waals surface area (Å²) < 4.78 is 0. The molecule has 15 heavy (non-hydrogen) atoms. The number of aromatic nitrogens is 2. The third-order valence-electron chi connectivity index (χ3n) is 2.68. The second kappa shape index (κ2) is 3.72. The van der Waals surface area contributed by atoms with Gasteiger partial charge in [0.25, 0.3) is 0 Å². The van der Waals surface area contributed by atoms with Crippen LogP contribution in [0.2, 0.25) is 0 Å². The topological polar surface area (TPSA) is 37.8 Å². The Balaban J connectivity index is 2.03. The largest absolute Gasteiger partial charge is 0.305 e. The summed E-state index contributed by atoms with van der Waals surface area (Å²) in [5.41, 5.74) is 4.46. The van der Waals surface area contributed by atoms with Crippen molar-refractivity contribution in [3.63, 3.8) is 0 Å². The number of thiazole rings is 1. The molecule has 0 aliphatic carbocycles. The molecule has 3 rings (SSSR count). The van der Waals surface area contributed by atoms with E-state index >= 15 is 0 Å². The van der Waals surface area contributed by atoms with Crippen LogP contribution in [0.5, 0.6) is 0 Å². The minimum absolute atomic E-state index is 0.309. The molecular weight excluding hydrogens is 206 g/mol. The van der Waals surface area contributed by atoms with E-state index in [4.69, 9.17) is 0 Å². The molecular formula is C11H11N3S. The number of nitrogens with one attached hydrogen (secondary N) is 1. The van der Waals surface area contributed by atoms with E-state index in [2.05, 4.69) is 27.4 Å². The van der Waals surface area contributed by atoms with Crippen molar-refractivity contribution in [3.8, 4) is 0 Å². The molecule has 1 aliphatic heterocycles. The minimum Gasteiger partial charge on any atom is -0.305 e. The SMILES string of the molecule is c1cc([C@@H]2NCCc3ncsc32)ccn1. The highest BCUT2D eigenvalue weighted by Crippen LogP contribution is 2.30. The number of rotatable bonds is 1. The summed E-state index contributed by atoms with van der Waals surface area (Å²) in [4.78, 5) is 9.79. The van der Waals surface area contributed by atoms with Crippen molar-refractivity contribution in [1.29, 1.82) is 0 Å². The maximum Gasteiger partial charge on any atom is 0.0798 e. The average Bonchev–Trinajstić information content (AvgIpc) is 2.78. The van der Waals surface area contributed by atoms with Gasteiger partial charge in [0, 0.05) is 30.2 Å². The van der Waals surface area contributed by atoms with Gasteiger partial charge in [0.05, 0.1) is 17.2 Å². The zero-order valence-electron chi connectivity index (χ0n) is 8.18. The first-order chi connectivity index (χ1) is 7.45. The summed E-state index contributed by atoms with van der Waals surface area (Å²) >= 11 is 1.73. The van der Waals surface area contributed by atoms with Crippen LogP contribution in [0.15, 0.2) is 30.0 Å². The maximum atomic E-state index is 4.40. The summed E-state index contributed by atoms with van der Waals surface area (Å²) in [5, 5.41) is 3.52. The van der Waals surface area contributed by atoms with Gasteiger partial charge in [-0.1, -0.05) is 0 Å². The monoisotopic (exact) mass is 217 g/mol. The lowest BCUT2D eigenvalue weighted by Gasteiger charge is -2.23. The van der Waals surface area contributed by atoms with E-state index in [0.717, 1.165) is 13.0 Å². The standard InChI is InChI=1S/C11H11N3S/c1-4-12-5-2-8(1)10-11-9(3-6-13-10)14-7-15-11/h1-2,4-5,7,10,13H,3,6H2/t10-/m0/s1. The Kier molecular flexibility index (Phi) is 2.23. The van der Waals surface area contributed by atoms with E-state index in [1.165, 1.54) is 16.1 Å². The van der Waals surface area contributed by atoms with Gasteiger partial charge in [0.2, 0.25) is 0 Å². The normalized spacial score (nSPS) is 19.9. The molecule has 0 spiro atoms. The third kappa shape index (κ3) is 1.56. The van der Waals surface area contributed by atoms with Crippen LogP contribution in [-0.2, 0) is 6.42 Å². The molecule has 0 fully saturated rings. The van der Waals surface area contributed by atoms with Crippen molar-refractivity contribution in [2.45, 2.75) is 12.5 Å². The molecule has 2 aromatic heterocycles. The summed E-state index contributed by atoms with van der Waals surface area (Å²) in [6, 6.07) is 4.43. The Morgan fingerprint density at radius 3 is 3.07 bits per heavy atom. The predicted molar refractivity (Wildman–Crippen MR) is 59.9 cm³/mol. The number of pyridine rings is 1. The fourth-order valence-corrected chi connectivity index (χ4v) is 2.89. The molecule has 76 valence electrons. The fourth-order valence-electron chi connectivity index (χ4n) is 1.95. The molecule has 2 aromatic rings. The lowest BCUT2D eigenvalue weighted by molar-refractivity contribution is 0.570. The van der Waals surface area contributed by atoms with Gasteiger partial charge in [-0.2, -0.15) is 0 Å². The fraction of sp³-hybridized carbons (Fsp3) is 0.273. The van der Waals surface area contributed by atoms with Gasteiger partial charge in [0.1, 0.15) is 0 Å². The van der Waals surface area contributed by atoms with Crippen molar-refractivity contribution < 1.29 is 0 Å². The van der Waals surface area contributed by atoms with E-state index in [9.17, 15) is 0 Å². The van der Waals surface area contributed by atoms with Gasteiger partial charge in [-0.05, 0) is 17.7 Å². The number of nitrogens with zero attached hydrogens (tertiary/aromatic N) is 2. The van der Waals surface area contributed by atoms with Gasteiger partial charge < -0.3 is 5.32 Å². The molecule has 0 aromatic carbocycles. The lowest BCUT2D eigenvalue weighted by atomic mass is 10.0. The highest BCUT2D eigenvalue weighted by Gasteiger charge is 2.23. The van der Waals surface area contributed by atoms with Gasteiger partial charge in [-0.15, -0.1) is 11.3 Å². The van der Waals surface area contributed by atoms with E-state index in [1.54, 1.807) is 11.3 Å². The van der Waals surface area contributed by atoms with E-state index in [0.29, 0.717) is 6.04 Å². The smallest absolute Gasteiger partial charge is 0.0798 e. The maximum absolute atomic E-state index is 4.40. The number of hydrogen-bond acceptors (Lipinski definition) is 4. The van der Waals surface area contributed by atoms with Crippen LogP contribution in [0.3, 0.4) is 0 Å². The van der Waals surface area contributed by atoms with Crippen molar-refractivity contribution in [1.82, 2.24) is 15.3 Å². The predicted octanol–water partition coefficient (Wildman–Crippen LogP) is 1.77. The van der Waals surface area contributed by atoms with Gasteiger partial charge >= 0.3 is 0 Å². The van der Waals surface area contributed by atoms with E-state index in [1.807, 2.05) is 17.9 Å². The second-order valence-corrected chi connectivity index (χ2v) is 4.47. The Morgan fingerprint density at radius 2 is 2.20 bits per heavy atom. The van der Waals surface area contributed by atoms with Crippen molar-refractivity contribution in [2.75, 3.05) is 6.54 Å². The Labute approximate surface area is 92.2 Å². The van der Waals surface area contributed by atoms with Crippen molar-refractivity contribution >= 4 is 11.3 Å². The third-order valence-corrected chi connectivity index (χ3v) is 3.62. The average molecular weight is 217 g/mol. The number of hydrogen-bond donors (Lipinski definition) is 1. The Morgan fingerprint density at radius 1 is 1.33 bits per heavy atom. The molecule has 3 heterocycles. The van der Waals surface area contributed by atoms with Gasteiger partial charge in [-0.25, -0.2) is 4.98 Å². The molecule has 3 nitrogen and oxygen atoms in total. The second-order valence-electron chi connectivity index (χ2n) is 3.58. The summed E-state index contributed by atoms with van der Waals surface area (Å²) in [6.45, 7) is 1.00. The molecule has 0 unspecified atom stereocenters. The summed E-state index contributed by atoms with van der Waals surface area (Å²) in [5.74, 6) is 0. The van der Waals surface area contributed by atoms with Gasteiger partial charge in [-0.3, -0.25) is 4.98 Å². The first kappa shape index (κ1) is 9.00. The molecule has 4 heteroatoms. The molecule has 0 amide bonds. The zero-order valence-corrected chi connectivity index (χ0v) is 9.00. The number of fused-ring (bicyclic) bond motifs is 1. The Bertz CT molecular complexity index is 452. The minimum atomic E-state index is 0.309. The first-order valence-corrected chi connectivity index (χ1v) is 5.88. The first-order valence-electron chi connectivity index (χ1n) is 5.01.